The van der Waals surface area contributed by atoms with Crippen LogP contribution in [-0.4, -0.2) is 138 Å². The average molecular weight is 979 g/mol. The number of nitrogens with one attached hydrogen (secondary N) is 2. The number of halogens is 2. The van der Waals surface area contributed by atoms with Gasteiger partial charge >= 0.3 is 25.9 Å². The topological polar surface area (TPSA) is 272 Å². The second-order valence-electron chi connectivity index (χ2n) is 14.6. The molecule has 348 valence electrons. The molecule has 5 aliphatic rings. The Kier molecular flexibility index (Phi) is 14.2. The normalized spacial score (nSPS) is 31.3. The number of ether oxygens (including phenoxy) is 6. The molecule has 2 N–H and O–H groups in total. The SMILES string of the molecule is CC(C)OC(=O)OCS[P@@]1(=O)OC[C@H]2OC3[C@H](F)[C@@H]2O[P@](=O)(SCOC(=O)OC(C)C)OC[C@H]2O[C@H]([C@H](F)[C@@H]2O1)n1cnc2c(ncnc21)NC/C=C/CNc1ncnc2c1ncn23. The van der Waals surface area contributed by atoms with Crippen LogP contribution in [0.4, 0.5) is 30.0 Å². The summed E-state index contributed by atoms with van der Waals surface area (Å²) in [5.41, 5.74) is 0.745. The molecule has 14 bridgehead atoms. The first-order valence-corrected chi connectivity index (χ1v) is 25.9. The highest BCUT2D eigenvalue weighted by Gasteiger charge is 2.55. The van der Waals surface area contributed by atoms with E-state index in [-0.39, 0.29) is 35.4 Å². The number of alkyl halides is 2. The van der Waals surface area contributed by atoms with Crippen LogP contribution in [0.2, 0.25) is 0 Å². The summed E-state index contributed by atoms with van der Waals surface area (Å²) in [6, 6.07) is 0. The van der Waals surface area contributed by atoms with Crippen molar-refractivity contribution < 1.29 is 74.0 Å². The van der Waals surface area contributed by atoms with Crippen LogP contribution in [-0.2, 0) is 55.6 Å². The van der Waals surface area contributed by atoms with Gasteiger partial charge in [0.15, 0.2) is 70.6 Å². The maximum Gasteiger partial charge on any atom is 0.509 e. The van der Waals surface area contributed by atoms with Gasteiger partial charge in [0.2, 0.25) is 0 Å². The molecule has 5 aliphatic heterocycles. The Balaban J connectivity index is 1.20. The van der Waals surface area contributed by atoms with E-state index in [0.717, 1.165) is 0 Å². The summed E-state index contributed by atoms with van der Waals surface area (Å²) in [6.45, 7) is -4.11. The number of hydrogen-bond acceptors (Lipinski definition) is 24. The number of anilines is 2. The smallest absolute Gasteiger partial charge is 0.432 e. The molecular weight excluding hydrogens is 937 g/mol. The van der Waals surface area contributed by atoms with Gasteiger partial charge in [-0.05, 0) is 27.7 Å². The zero-order valence-electron chi connectivity index (χ0n) is 34.2. The van der Waals surface area contributed by atoms with Crippen LogP contribution in [0.15, 0.2) is 37.5 Å². The number of imidazole rings is 2. The predicted molar refractivity (Wildman–Crippen MR) is 222 cm³/mol. The molecule has 9 rings (SSSR count). The van der Waals surface area contributed by atoms with Crippen molar-refractivity contribution in [3.8, 4) is 0 Å². The number of carbonyl (C=O) groups is 2. The fourth-order valence-corrected chi connectivity index (χ4v) is 12.3. The molecule has 24 nitrogen and oxygen atoms in total. The van der Waals surface area contributed by atoms with Crippen LogP contribution in [0.5, 0.6) is 0 Å². The number of nitrogens with zero attached hydrogens (tertiary/aromatic N) is 8. The monoisotopic (exact) mass is 978 g/mol. The van der Waals surface area contributed by atoms with Crippen molar-refractivity contribution in [3.05, 3.63) is 37.5 Å². The van der Waals surface area contributed by atoms with Gasteiger partial charge in [-0.1, -0.05) is 12.2 Å². The molecule has 0 spiro atoms. The van der Waals surface area contributed by atoms with Gasteiger partial charge in [-0.15, -0.1) is 0 Å². The molecule has 64 heavy (non-hydrogen) atoms. The number of fused-ring (bicyclic) bond motifs is 10. The quantitative estimate of drug-likeness (QED) is 0.0877. The summed E-state index contributed by atoms with van der Waals surface area (Å²) in [5.74, 6) is -0.735. The number of rotatable bonds is 8. The van der Waals surface area contributed by atoms with Gasteiger partial charge in [0, 0.05) is 35.9 Å². The first kappa shape index (κ1) is 46.3. The Morgan fingerprint density at radius 2 is 1.14 bits per heavy atom. The van der Waals surface area contributed by atoms with Crippen LogP contribution in [0.25, 0.3) is 22.3 Å². The van der Waals surface area contributed by atoms with E-state index >= 15 is 8.78 Å². The molecule has 0 amide bonds. The minimum Gasteiger partial charge on any atom is -0.432 e. The molecule has 3 saturated heterocycles. The third kappa shape index (κ3) is 10.2. The number of hydrogen-bond donors (Lipinski definition) is 2. The molecule has 10 atom stereocenters. The first-order chi connectivity index (χ1) is 30.7. The van der Waals surface area contributed by atoms with E-state index in [2.05, 4.69) is 40.5 Å². The van der Waals surface area contributed by atoms with E-state index in [9.17, 15) is 18.7 Å². The first-order valence-electron chi connectivity index (χ1n) is 19.6. The number of aromatic nitrogens is 8. The summed E-state index contributed by atoms with van der Waals surface area (Å²) in [5, 5.41) is 6.29. The molecule has 30 heteroatoms. The predicted octanol–water partition coefficient (Wildman–Crippen LogP) is 6.07. The third-order valence-electron chi connectivity index (χ3n) is 9.48. The summed E-state index contributed by atoms with van der Waals surface area (Å²) in [4.78, 5) is 50.6. The van der Waals surface area contributed by atoms with Crippen molar-refractivity contribution in [2.45, 2.75) is 89.1 Å². The van der Waals surface area contributed by atoms with Crippen LogP contribution < -0.4 is 10.6 Å². The lowest BCUT2D eigenvalue weighted by molar-refractivity contribution is -0.0545. The van der Waals surface area contributed by atoms with E-state index in [1.165, 1.54) is 34.4 Å². The van der Waals surface area contributed by atoms with Gasteiger partial charge in [0.05, 0.1) is 38.1 Å². The fraction of sp³-hybridized carbons (Fsp3) is 0.588. The van der Waals surface area contributed by atoms with E-state index in [4.69, 9.17) is 46.5 Å². The van der Waals surface area contributed by atoms with Crippen molar-refractivity contribution in [2.24, 2.45) is 0 Å². The zero-order chi connectivity index (χ0) is 45.2. The maximum absolute atomic E-state index is 17.1. The van der Waals surface area contributed by atoms with Crippen LogP contribution >= 0.6 is 36.4 Å². The summed E-state index contributed by atoms with van der Waals surface area (Å²) >= 11 is 0.706. The Morgan fingerprint density at radius 3 is 1.55 bits per heavy atom. The second kappa shape index (κ2) is 19.7. The van der Waals surface area contributed by atoms with E-state index in [1.54, 1.807) is 27.7 Å². The summed E-state index contributed by atoms with van der Waals surface area (Å²) < 4.78 is 122. The van der Waals surface area contributed by atoms with Gasteiger partial charge in [-0.25, -0.2) is 57.4 Å². The highest BCUT2D eigenvalue weighted by Crippen LogP contribution is 2.66. The summed E-state index contributed by atoms with van der Waals surface area (Å²) in [7, 11) is 0. The van der Waals surface area contributed by atoms with Crippen LogP contribution in [0, 0.1) is 0 Å². The lowest BCUT2D eigenvalue weighted by atomic mass is 10.1. The molecule has 4 aromatic rings. The Hall–Kier alpha value is -4.24. The summed E-state index contributed by atoms with van der Waals surface area (Å²) in [6.07, 6.45) is -9.01. The average Bonchev–Trinajstić information content (AvgIpc) is 4.01. The van der Waals surface area contributed by atoms with Gasteiger partial charge in [-0.2, -0.15) is 0 Å². The van der Waals surface area contributed by atoms with E-state index < -0.39 is 112 Å². The molecule has 4 aromatic heterocycles. The molecule has 1 unspecified atom stereocenters. The lowest BCUT2D eigenvalue weighted by Crippen LogP contribution is -2.37. The Morgan fingerprint density at radius 1 is 0.719 bits per heavy atom. The Bertz CT molecular complexity index is 2290. The fourth-order valence-electron chi connectivity index (χ4n) is 6.72. The van der Waals surface area contributed by atoms with Crippen molar-refractivity contribution in [1.29, 1.82) is 0 Å². The molecule has 9 heterocycles. The highest BCUT2D eigenvalue weighted by atomic mass is 32.7. The second-order valence-corrected chi connectivity index (χ2v) is 22.5. The molecule has 3 fully saturated rings. The molecule has 0 aliphatic carbocycles. The minimum atomic E-state index is -4.71. The van der Waals surface area contributed by atoms with Gasteiger partial charge in [0.25, 0.3) is 0 Å². The van der Waals surface area contributed by atoms with Crippen molar-refractivity contribution >= 4 is 82.6 Å². The molecule has 0 aromatic carbocycles. The van der Waals surface area contributed by atoms with Crippen molar-refractivity contribution in [1.82, 2.24) is 39.0 Å². The maximum atomic E-state index is 17.1. The lowest BCUT2D eigenvalue weighted by Gasteiger charge is -2.30. The zero-order valence-corrected chi connectivity index (χ0v) is 37.7. The van der Waals surface area contributed by atoms with E-state index in [0.29, 0.717) is 34.4 Å². The largest absolute Gasteiger partial charge is 0.509 e. The van der Waals surface area contributed by atoms with Gasteiger partial charge < -0.3 is 39.1 Å². The molecular formula is C34H42F2N10O14P2S2. The van der Waals surface area contributed by atoms with Crippen molar-refractivity contribution in [3.63, 3.8) is 0 Å². The van der Waals surface area contributed by atoms with Crippen molar-refractivity contribution in [2.75, 3.05) is 48.8 Å². The highest BCUT2D eigenvalue weighted by molar-refractivity contribution is 8.55. The third-order valence-corrected chi connectivity index (χ3v) is 16.2. The van der Waals surface area contributed by atoms with Crippen LogP contribution in [0.1, 0.15) is 40.2 Å². The van der Waals surface area contributed by atoms with Gasteiger partial charge in [0.1, 0.15) is 37.1 Å². The number of carbonyl (C=O) groups excluding carboxylic acids is 2. The molecule has 0 saturated carbocycles. The standard InChI is InChI=1S/C34H42F2N10O14P2S2/c1-17(2)55-33(47)51-15-63-61(49)53-9-19-26-22(36)32(57-19)46-14-44-24-28(40-12-42-30(24)46)38-8-6-5-7-37-27-23-29(41-11-39-27)45(13-43-23)31-21(35)25(59-61)20(58-31)10-54-62(50,60-26)64-16-52-34(48)56-18(3)4/h5-6,11-14,17-22,25-26,31-32H,7-10,15-16H2,1-4H3,(H,37,39,41)(H,38,40,42)/b6-5+/t19-,20-,21-,22-,25-,26-,31-,32?,61+,62-/m1/s1. The minimum absolute atomic E-state index is 0.130. The Labute approximate surface area is 370 Å². The van der Waals surface area contributed by atoms with Gasteiger partial charge in [-0.3, -0.25) is 27.2 Å². The van der Waals surface area contributed by atoms with E-state index in [1.807, 2.05) is 12.2 Å². The van der Waals surface area contributed by atoms with Crippen LogP contribution in [0.3, 0.4) is 0 Å². The molecule has 0 radical (unpaired) electrons.